The number of benzene rings is 6. The third-order valence-electron chi connectivity index (χ3n) is 10.2. The van der Waals surface area contributed by atoms with E-state index in [1.807, 2.05) is 30.6 Å². The van der Waals surface area contributed by atoms with E-state index in [1.165, 1.54) is 60.3 Å². The highest BCUT2D eigenvalue weighted by Crippen LogP contribution is 2.46. The minimum atomic E-state index is 0.868. The summed E-state index contributed by atoms with van der Waals surface area (Å²) in [5.74, 6) is 0. The molecule has 1 aliphatic carbocycles. The topological polar surface area (TPSA) is 30.7 Å². The van der Waals surface area contributed by atoms with Gasteiger partial charge in [0.1, 0.15) is 0 Å². The Balaban J connectivity index is 1.28. The quantitative estimate of drug-likeness (QED) is 0.182. The fourth-order valence-electron chi connectivity index (χ4n) is 8.03. The number of fused-ring (bicyclic) bond motifs is 6. The van der Waals surface area contributed by atoms with Crippen molar-refractivity contribution in [3.63, 3.8) is 0 Å². The van der Waals surface area contributed by atoms with E-state index in [4.69, 9.17) is 4.98 Å². The van der Waals surface area contributed by atoms with Crippen molar-refractivity contribution < 1.29 is 0 Å². The standard InChI is InChI=1S/C46H31N3/c1-2-15-32(16-3-1)49-43-25-24-31(27-39(43)40-28-42(48-29-44(40)49)41-23-10-11-26-47-41)45-35-18-6-8-20-37(35)46(38-21-9-7-19-36(38)45)34-22-12-14-30-13-4-5-17-33(30)34/h1-4,6-16,18-29H,5,17H2. The first-order valence-electron chi connectivity index (χ1n) is 17.0. The molecule has 0 atom stereocenters. The molecule has 0 unspecified atom stereocenters. The molecule has 0 spiro atoms. The molecule has 0 saturated heterocycles. The number of para-hydroxylation sites is 1. The summed E-state index contributed by atoms with van der Waals surface area (Å²) in [5, 5.41) is 7.45. The van der Waals surface area contributed by atoms with Crippen LogP contribution >= 0.6 is 0 Å². The predicted octanol–water partition coefficient (Wildman–Crippen LogP) is 11.8. The number of pyridine rings is 2. The van der Waals surface area contributed by atoms with Crippen LogP contribution in [0, 0.1) is 0 Å². The molecule has 3 aromatic heterocycles. The summed E-state index contributed by atoms with van der Waals surface area (Å²) in [6, 6.07) is 50.5. The maximum Gasteiger partial charge on any atom is 0.0893 e. The zero-order valence-corrected chi connectivity index (χ0v) is 26.8. The van der Waals surface area contributed by atoms with Gasteiger partial charge in [-0.1, -0.05) is 109 Å². The van der Waals surface area contributed by atoms with Crippen LogP contribution in [0.2, 0.25) is 0 Å². The van der Waals surface area contributed by atoms with Gasteiger partial charge in [0.2, 0.25) is 0 Å². The minimum Gasteiger partial charge on any atom is -0.308 e. The zero-order valence-electron chi connectivity index (χ0n) is 26.8. The van der Waals surface area contributed by atoms with Crippen LogP contribution in [0.15, 0.2) is 158 Å². The van der Waals surface area contributed by atoms with Crippen LogP contribution in [0.25, 0.3) is 88.8 Å². The Morgan fingerprint density at radius 2 is 1.22 bits per heavy atom. The molecule has 0 N–H and O–H groups in total. The van der Waals surface area contributed by atoms with E-state index < -0.39 is 0 Å². The van der Waals surface area contributed by atoms with E-state index in [2.05, 4.69) is 143 Å². The first-order valence-corrected chi connectivity index (χ1v) is 17.0. The van der Waals surface area contributed by atoms with E-state index in [9.17, 15) is 0 Å². The molecule has 0 amide bonds. The maximum absolute atomic E-state index is 4.90. The molecule has 1 aliphatic rings. The van der Waals surface area contributed by atoms with Crippen LogP contribution < -0.4 is 0 Å². The van der Waals surface area contributed by atoms with Crippen molar-refractivity contribution in [3.8, 4) is 39.3 Å². The number of nitrogens with zero attached hydrogens (tertiary/aromatic N) is 3. The summed E-state index contributed by atoms with van der Waals surface area (Å²) < 4.78 is 2.33. The van der Waals surface area contributed by atoms with Gasteiger partial charge < -0.3 is 4.57 Å². The van der Waals surface area contributed by atoms with Gasteiger partial charge in [-0.2, -0.15) is 0 Å². The monoisotopic (exact) mass is 625 g/mol. The van der Waals surface area contributed by atoms with Gasteiger partial charge in [0.15, 0.2) is 0 Å². The van der Waals surface area contributed by atoms with Gasteiger partial charge in [0, 0.05) is 22.7 Å². The molecule has 0 saturated carbocycles. The minimum absolute atomic E-state index is 0.868. The summed E-state index contributed by atoms with van der Waals surface area (Å²) >= 11 is 0. The lowest BCUT2D eigenvalue weighted by Gasteiger charge is -2.21. The number of allylic oxidation sites excluding steroid dienone is 1. The van der Waals surface area contributed by atoms with Gasteiger partial charge >= 0.3 is 0 Å². The summed E-state index contributed by atoms with van der Waals surface area (Å²) in [5.41, 5.74) is 13.0. The Morgan fingerprint density at radius 3 is 1.98 bits per heavy atom. The lowest BCUT2D eigenvalue weighted by atomic mass is 9.82. The number of hydrogen-bond donors (Lipinski definition) is 0. The van der Waals surface area contributed by atoms with Crippen LogP contribution in [0.5, 0.6) is 0 Å². The maximum atomic E-state index is 4.90. The van der Waals surface area contributed by atoms with E-state index >= 15 is 0 Å². The Kier molecular flexibility index (Phi) is 6.31. The van der Waals surface area contributed by atoms with Gasteiger partial charge in [-0.25, -0.2) is 0 Å². The molecule has 3 nitrogen and oxygen atoms in total. The highest BCUT2D eigenvalue weighted by atomic mass is 15.0. The fraction of sp³-hybridized carbons (Fsp3) is 0.0435. The number of hydrogen-bond acceptors (Lipinski definition) is 2. The van der Waals surface area contributed by atoms with Gasteiger partial charge in [0.05, 0.1) is 28.6 Å². The Labute approximate surface area is 284 Å². The van der Waals surface area contributed by atoms with E-state index in [-0.39, 0.29) is 0 Å². The third kappa shape index (κ3) is 4.36. The molecular formula is C46H31N3. The van der Waals surface area contributed by atoms with Crippen LogP contribution in [0.1, 0.15) is 17.5 Å². The van der Waals surface area contributed by atoms with Crippen molar-refractivity contribution in [1.29, 1.82) is 0 Å². The van der Waals surface area contributed by atoms with Crippen molar-refractivity contribution in [1.82, 2.24) is 14.5 Å². The van der Waals surface area contributed by atoms with Crippen molar-refractivity contribution in [3.05, 3.63) is 169 Å². The van der Waals surface area contributed by atoms with Crippen molar-refractivity contribution >= 4 is 49.4 Å². The lowest BCUT2D eigenvalue weighted by Crippen LogP contribution is -1.99. The van der Waals surface area contributed by atoms with E-state index in [0.717, 1.165) is 46.3 Å². The van der Waals surface area contributed by atoms with Gasteiger partial charge in [0.25, 0.3) is 0 Å². The molecule has 0 fully saturated rings. The first kappa shape index (κ1) is 27.8. The second-order valence-electron chi connectivity index (χ2n) is 12.9. The number of rotatable bonds is 4. The molecule has 0 bridgehead atoms. The van der Waals surface area contributed by atoms with Gasteiger partial charge in [-0.3, -0.25) is 9.97 Å². The first-order chi connectivity index (χ1) is 24.3. The average Bonchev–Trinajstić information content (AvgIpc) is 3.50. The molecule has 9 aromatic rings. The van der Waals surface area contributed by atoms with Crippen LogP contribution in [0.3, 0.4) is 0 Å². The molecule has 3 heterocycles. The summed E-state index contributed by atoms with van der Waals surface area (Å²) in [7, 11) is 0. The summed E-state index contributed by atoms with van der Waals surface area (Å²) in [6.07, 6.45) is 10.6. The van der Waals surface area contributed by atoms with Crippen LogP contribution in [-0.2, 0) is 6.42 Å². The molecule has 49 heavy (non-hydrogen) atoms. The lowest BCUT2D eigenvalue weighted by molar-refractivity contribution is 0.988. The normalized spacial score (nSPS) is 12.7. The van der Waals surface area contributed by atoms with Gasteiger partial charge in [-0.05, 0) is 110 Å². The third-order valence-corrected chi connectivity index (χ3v) is 10.2. The van der Waals surface area contributed by atoms with E-state index in [0.29, 0.717) is 0 Å². The van der Waals surface area contributed by atoms with Crippen molar-refractivity contribution in [2.75, 3.05) is 0 Å². The summed E-state index contributed by atoms with van der Waals surface area (Å²) in [6.45, 7) is 0. The van der Waals surface area contributed by atoms with Crippen LogP contribution in [-0.4, -0.2) is 14.5 Å². The molecule has 10 rings (SSSR count). The smallest absolute Gasteiger partial charge is 0.0893 e. The second kappa shape index (κ2) is 11.1. The Bertz CT molecular complexity index is 2700. The number of aromatic nitrogens is 3. The highest BCUT2D eigenvalue weighted by Gasteiger charge is 2.21. The molecular weight excluding hydrogens is 595 g/mol. The Morgan fingerprint density at radius 1 is 0.510 bits per heavy atom. The van der Waals surface area contributed by atoms with Crippen molar-refractivity contribution in [2.24, 2.45) is 0 Å². The zero-order chi connectivity index (χ0) is 32.3. The molecule has 6 aromatic carbocycles. The van der Waals surface area contributed by atoms with E-state index in [1.54, 1.807) is 0 Å². The molecule has 0 radical (unpaired) electrons. The molecule has 230 valence electrons. The Hall–Kier alpha value is -6.32. The summed E-state index contributed by atoms with van der Waals surface area (Å²) in [4.78, 5) is 9.52. The molecule has 3 heteroatoms. The molecule has 0 aliphatic heterocycles. The largest absolute Gasteiger partial charge is 0.308 e. The second-order valence-corrected chi connectivity index (χ2v) is 12.9. The van der Waals surface area contributed by atoms with Crippen molar-refractivity contribution in [2.45, 2.75) is 12.8 Å². The predicted molar refractivity (Wildman–Crippen MR) is 205 cm³/mol. The fourth-order valence-corrected chi connectivity index (χ4v) is 8.03. The SMILES string of the molecule is C1=Cc2cccc(-c3c4ccccc4c(-c4ccc5c(c4)c4cc(-c6ccccn6)ncc4n5-c4ccccc4)c4ccccc34)c2CC1. The average molecular weight is 626 g/mol. The van der Waals surface area contributed by atoms with Crippen LogP contribution in [0.4, 0.5) is 0 Å². The van der Waals surface area contributed by atoms with Gasteiger partial charge in [-0.15, -0.1) is 0 Å². The highest BCUT2D eigenvalue weighted by molar-refractivity contribution is 6.22.